The third kappa shape index (κ3) is 1.19. The first kappa shape index (κ1) is 13.9. The molecular formula is C8H12Cl4S2. The van der Waals surface area contributed by atoms with E-state index in [0.29, 0.717) is 0 Å². The molecule has 84 valence electrons. The molecular weight excluding hydrogens is 302 g/mol. The van der Waals surface area contributed by atoms with Crippen molar-refractivity contribution in [3.05, 3.63) is 0 Å². The SMILES string of the molecule is CC1(C)C(Cl)(SCl)C(C)(C)C1(Cl)SCl. The summed E-state index contributed by atoms with van der Waals surface area (Å²) in [7, 11) is 14.0. The lowest BCUT2D eigenvalue weighted by molar-refractivity contribution is -0.00576. The summed E-state index contributed by atoms with van der Waals surface area (Å²) < 4.78 is -1.18. The summed E-state index contributed by atoms with van der Waals surface area (Å²) in [4.78, 5) is 0. The highest BCUT2D eigenvalue weighted by molar-refractivity contribution is 8.24. The zero-order valence-corrected chi connectivity index (χ0v) is 13.0. The molecule has 6 heteroatoms. The van der Waals surface area contributed by atoms with Gasteiger partial charge in [-0.05, 0) is 43.3 Å². The van der Waals surface area contributed by atoms with Gasteiger partial charge in [-0.3, -0.25) is 0 Å². The molecule has 14 heavy (non-hydrogen) atoms. The first-order valence-electron chi connectivity index (χ1n) is 4.09. The Hall–Kier alpha value is 1.86. The fraction of sp³-hybridized carbons (Fsp3) is 1.00. The standard InChI is InChI=1S/C8H12Cl4S2/c1-5(2)7(9,13-11)6(3,4)8(5,10)14-12/h1-4H3. The van der Waals surface area contributed by atoms with Crippen molar-refractivity contribution in [1.29, 1.82) is 0 Å². The third-order valence-corrected chi connectivity index (χ3v) is 10.1. The summed E-state index contributed by atoms with van der Waals surface area (Å²) >= 11 is 13.0. The molecule has 0 aromatic carbocycles. The number of hydrogen-bond acceptors (Lipinski definition) is 2. The smallest absolute Gasteiger partial charge is 0.105 e. The molecule has 1 fully saturated rings. The Morgan fingerprint density at radius 1 is 0.714 bits per heavy atom. The van der Waals surface area contributed by atoms with Gasteiger partial charge in [0.25, 0.3) is 0 Å². The maximum absolute atomic E-state index is 6.51. The van der Waals surface area contributed by atoms with E-state index < -0.39 is 8.41 Å². The first-order chi connectivity index (χ1) is 6.12. The summed E-state index contributed by atoms with van der Waals surface area (Å²) in [5.74, 6) is 0. The average Bonchev–Trinajstić information content (AvgIpc) is 2.13. The third-order valence-electron chi connectivity index (χ3n) is 3.43. The van der Waals surface area contributed by atoms with Crippen molar-refractivity contribution in [3.63, 3.8) is 0 Å². The van der Waals surface area contributed by atoms with Crippen molar-refractivity contribution in [1.82, 2.24) is 0 Å². The van der Waals surface area contributed by atoms with Crippen molar-refractivity contribution < 1.29 is 0 Å². The van der Waals surface area contributed by atoms with Crippen LogP contribution in [0.5, 0.6) is 0 Å². The Labute approximate surface area is 113 Å². The van der Waals surface area contributed by atoms with Crippen LogP contribution in [0.1, 0.15) is 27.7 Å². The highest BCUT2D eigenvalue weighted by Gasteiger charge is 2.80. The Morgan fingerprint density at radius 2 is 0.929 bits per heavy atom. The molecule has 0 amide bonds. The van der Waals surface area contributed by atoms with Crippen LogP contribution in [0.25, 0.3) is 0 Å². The predicted molar refractivity (Wildman–Crippen MR) is 71.6 cm³/mol. The molecule has 1 aliphatic rings. The summed E-state index contributed by atoms with van der Waals surface area (Å²) in [5, 5.41) is 0. The lowest BCUT2D eigenvalue weighted by Crippen LogP contribution is -2.75. The number of hydrogen-bond donors (Lipinski definition) is 0. The van der Waals surface area contributed by atoms with Gasteiger partial charge in [0.1, 0.15) is 8.41 Å². The van der Waals surface area contributed by atoms with Gasteiger partial charge in [0.15, 0.2) is 0 Å². The van der Waals surface area contributed by atoms with E-state index in [1.165, 1.54) is 0 Å². The van der Waals surface area contributed by atoms with Crippen LogP contribution in [0.3, 0.4) is 0 Å². The Kier molecular flexibility index (Phi) is 3.66. The van der Waals surface area contributed by atoms with Crippen LogP contribution in [-0.2, 0) is 0 Å². The molecule has 1 rings (SSSR count). The lowest BCUT2D eigenvalue weighted by Gasteiger charge is -2.71. The topological polar surface area (TPSA) is 0 Å². The molecule has 0 N–H and O–H groups in total. The molecule has 0 radical (unpaired) electrons. The quantitative estimate of drug-likeness (QED) is 0.600. The van der Waals surface area contributed by atoms with Gasteiger partial charge in [-0.15, -0.1) is 23.2 Å². The van der Waals surface area contributed by atoms with Crippen molar-refractivity contribution >= 4 is 66.5 Å². The molecule has 0 aromatic rings. The zero-order chi connectivity index (χ0) is 11.4. The Bertz CT molecular complexity index is 214. The molecule has 1 aliphatic carbocycles. The van der Waals surface area contributed by atoms with Crippen LogP contribution in [0.4, 0.5) is 0 Å². The van der Waals surface area contributed by atoms with E-state index in [-0.39, 0.29) is 10.8 Å². The second-order valence-corrected chi connectivity index (χ2v) is 8.64. The molecule has 0 spiro atoms. The van der Waals surface area contributed by atoms with E-state index in [1.807, 2.05) is 27.7 Å². The molecule has 0 bridgehead atoms. The molecule has 0 aliphatic heterocycles. The van der Waals surface area contributed by atoms with Gasteiger partial charge in [-0.25, -0.2) is 0 Å². The van der Waals surface area contributed by atoms with Crippen LogP contribution in [0.2, 0.25) is 0 Å². The lowest BCUT2D eigenvalue weighted by atomic mass is 9.54. The van der Waals surface area contributed by atoms with Gasteiger partial charge in [-0.2, -0.15) is 0 Å². The van der Waals surface area contributed by atoms with Gasteiger partial charge >= 0.3 is 0 Å². The van der Waals surface area contributed by atoms with E-state index in [9.17, 15) is 0 Å². The molecule has 1 saturated carbocycles. The van der Waals surface area contributed by atoms with Gasteiger partial charge < -0.3 is 0 Å². The minimum absolute atomic E-state index is 0.342. The minimum Gasteiger partial charge on any atom is -0.105 e. The van der Waals surface area contributed by atoms with E-state index in [1.54, 1.807) is 0 Å². The molecule has 0 saturated heterocycles. The highest BCUT2D eigenvalue weighted by Crippen LogP contribution is 2.81. The monoisotopic (exact) mass is 312 g/mol. The van der Waals surface area contributed by atoms with Gasteiger partial charge in [0.05, 0.1) is 0 Å². The molecule has 0 atom stereocenters. The average molecular weight is 314 g/mol. The fourth-order valence-corrected chi connectivity index (χ4v) is 7.01. The fourth-order valence-electron chi connectivity index (χ4n) is 2.30. The number of alkyl halides is 2. The van der Waals surface area contributed by atoms with E-state index in [0.717, 1.165) is 22.0 Å². The van der Waals surface area contributed by atoms with Gasteiger partial charge in [0.2, 0.25) is 0 Å². The number of halogens is 4. The molecule has 0 nitrogen and oxygen atoms in total. The second-order valence-electron chi connectivity index (χ2n) is 4.59. The zero-order valence-electron chi connectivity index (χ0n) is 8.33. The van der Waals surface area contributed by atoms with Gasteiger partial charge in [0, 0.05) is 10.8 Å². The van der Waals surface area contributed by atoms with Crippen LogP contribution in [0.15, 0.2) is 0 Å². The minimum atomic E-state index is -0.592. The van der Waals surface area contributed by atoms with Gasteiger partial charge in [-0.1, -0.05) is 27.7 Å². The van der Waals surface area contributed by atoms with E-state index in [2.05, 4.69) is 0 Å². The normalized spacial score (nSPS) is 44.6. The number of rotatable bonds is 2. The maximum atomic E-state index is 6.51. The Morgan fingerprint density at radius 3 is 1.07 bits per heavy atom. The maximum Gasteiger partial charge on any atom is 0.120 e. The first-order valence-corrected chi connectivity index (χ1v) is 8.14. The second kappa shape index (κ2) is 3.68. The van der Waals surface area contributed by atoms with Crippen LogP contribution in [0, 0.1) is 10.8 Å². The van der Waals surface area contributed by atoms with Crippen molar-refractivity contribution in [2.24, 2.45) is 10.8 Å². The van der Waals surface area contributed by atoms with Crippen molar-refractivity contribution in [2.45, 2.75) is 36.1 Å². The highest BCUT2D eigenvalue weighted by atomic mass is 35.7. The molecule has 0 unspecified atom stereocenters. The Balaban J connectivity index is 3.21. The predicted octanol–water partition coefficient (Wildman–Crippen LogP) is 5.70. The van der Waals surface area contributed by atoms with Crippen LogP contribution < -0.4 is 0 Å². The van der Waals surface area contributed by atoms with E-state index >= 15 is 0 Å². The summed E-state index contributed by atoms with van der Waals surface area (Å²) in [6.07, 6.45) is 0. The largest absolute Gasteiger partial charge is 0.120 e. The van der Waals surface area contributed by atoms with E-state index in [4.69, 9.17) is 44.6 Å². The summed E-state index contributed by atoms with van der Waals surface area (Å²) in [6, 6.07) is 0. The molecule has 0 aromatic heterocycles. The summed E-state index contributed by atoms with van der Waals surface area (Å²) in [5.41, 5.74) is -0.684. The van der Waals surface area contributed by atoms with Crippen molar-refractivity contribution in [3.8, 4) is 0 Å². The van der Waals surface area contributed by atoms with Crippen molar-refractivity contribution in [2.75, 3.05) is 0 Å². The summed E-state index contributed by atoms with van der Waals surface area (Å²) in [6.45, 7) is 7.96. The van der Waals surface area contributed by atoms with Crippen LogP contribution in [-0.4, -0.2) is 8.41 Å². The van der Waals surface area contributed by atoms with Crippen LogP contribution >= 0.6 is 66.5 Å². The molecule has 0 heterocycles.